The summed E-state index contributed by atoms with van der Waals surface area (Å²) in [7, 11) is 2.08. The second-order valence-corrected chi connectivity index (χ2v) is 8.44. The van der Waals surface area contributed by atoms with Gasteiger partial charge in [0.1, 0.15) is 5.82 Å². The van der Waals surface area contributed by atoms with Crippen LogP contribution in [0.3, 0.4) is 0 Å². The van der Waals surface area contributed by atoms with Crippen LogP contribution in [0.1, 0.15) is 26.3 Å². The molecule has 114 valence electrons. The molecule has 0 unspecified atom stereocenters. The zero-order valence-corrected chi connectivity index (χ0v) is 14.5. The molecule has 0 atom stereocenters. The van der Waals surface area contributed by atoms with Crippen LogP contribution < -0.4 is 0 Å². The summed E-state index contributed by atoms with van der Waals surface area (Å²) in [5.41, 5.74) is 4.58. The largest absolute Gasteiger partial charge is 0.327 e. The van der Waals surface area contributed by atoms with Crippen LogP contribution in [0, 0.1) is 6.92 Å². The van der Waals surface area contributed by atoms with Crippen LogP contribution in [0.15, 0.2) is 41.6 Å². The van der Waals surface area contributed by atoms with Gasteiger partial charge in [0, 0.05) is 34.6 Å². The predicted octanol–water partition coefficient (Wildman–Crippen LogP) is 4.83. The first-order valence-electron chi connectivity index (χ1n) is 7.42. The van der Waals surface area contributed by atoms with Crippen LogP contribution in [-0.2, 0) is 7.05 Å². The van der Waals surface area contributed by atoms with E-state index in [0.29, 0.717) is 0 Å². The van der Waals surface area contributed by atoms with E-state index in [4.69, 9.17) is 4.98 Å². The molecule has 0 aliphatic heterocycles. The molecule has 2 aromatic heterocycles. The van der Waals surface area contributed by atoms with Crippen molar-refractivity contribution in [3.05, 3.63) is 42.2 Å². The molecule has 1 aromatic carbocycles. The first-order chi connectivity index (χ1) is 10.3. The van der Waals surface area contributed by atoms with Crippen LogP contribution >= 0.6 is 11.8 Å². The van der Waals surface area contributed by atoms with Gasteiger partial charge < -0.3 is 4.57 Å². The van der Waals surface area contributed by atoms with Crippen molar-refractivity contribution in [2.45, 2.75) is 37.3 Å². The van der Waals surface area contributed by atoms with Crippen molar-refractivity contribution in [1.29, 1.82) is 0 Å². The van der Waals surface area contributed by atoms with Crippen LogP contribution in [0.25, 0.3) is 22.4 Å². The molecule has 0 bridgehead atoms. The molecule has 0 aliphatic carbocycles. The summed E-state index contributed by atoms with van der Waals surface area (Å²) in [5, 5.41) is 0. The second-order valence-electron chi connectivity index (χ2n) is 6.57. The SMILES string of the molecule is Cc1ccc2c(c1)nc(-c1ccncc1SC(C)(C)C)n2C. The maximum absolute atomic E-state index is 4.86. The average molecular weight is 311 g/mol. The van der Waals surface area contributed by atoms with Gasteiger partial charge in [-0.15, -0.1) is 11.8 Å². The molecule has 3 aromatic rings. The molecule has 0 saturated carbocycles. The first kappa shape index (κ1) is 15.1. The Bertz CT molecular complexity index is 828. The van der Waals surface area contributed by atoms with Crippen molar-refractivity contribution < 1.29 is 0 Å². The molecule has 0 aliphatic rings. The van der Waals surface area contributed by atoms with Gasteiger partial charge in [-0.1, -0.05) is 26.8 Å². The minimum absolute atomic E-state index is 0.138. The van der Waals surface area contributed by atoms with Crippen molar-refractivity contribution in [3.8, 4) is 11.4 Å². The summed E-state index contributed by atoms with van der Waals surface area (Å²) in [4.78, 5) is 10.3. The van der Waals surface area contributed by atoms with E-state index in [2.05, 4.69) is 68.6 Å². The maximum Gasteiger partial charge on any atom is 0.142 e. The van der Waals surface area contributed by atoms with Gasteiger partial charge in [-0.25, -0.2) is 4.98 Å². The van der Waals surface area contributed by atoms with E-state index >= 15 is 0 Å². The Hall–Kier alpha value is -1.81. The Balaban J connectivity index is 2.18. The quantitative estimate of drug-likeness (QED) is 0.635. The summed E-state index contributed by atoms with van der Waals surface area (Å²) in [6, 6.07) is 8.46. The van der Waals surface area contributed by atoms with Gasteiger partial charge in [0.05, 0.1) is 11.0 Å². The fourth-order valence-corrected chi connectivity index (χ4v) is 3.57. The number of nitrogens with zero attached hydrogens (tertiary/aromatic N) is 3. The number of rotatable bonds is 2. The number of hydrogen-bond acceptors (Lipinski definition) is 3. The second kappa shape index (κ2) is 5.43. The van der Waals surface area contributed by atoms with Crippen LogP contribution in [0.2, 0.25) is 0 Å². The molecule has 0 spiro atoms. The summed E-state index contributed by atoms with van der Waals surface area (Å²) >= 11 is 1.83. The van der Waals surface area contributed by atoms with Gasteiger partial charge in [-0.2, -0.15) is 0 Å². The highest BCUT2D eigenvalue weighted by Gasteiger charge is 2.18. The molecular formula is C18H21N3S. The van der Waals surface area contributed by atoms with Gasteiger partial charge in [0.15, 0.2) is 0 Å². The van der Waals surface area contributed by atoms with Crippen LogP contribution in [0.5, 0.6) is 0 Å². The topological polar surface area (TPSA) is 30.7 Å². The lowest BCUT2D eigenvalue weighted by Crippen LogP contribution is -2.07. The number of benzene rings is 1. The van der Waals surface area contributed by atoms with Gasteiger partial charge in [-0.05, 0) is 30.7 Å². The number of thioether (sulfide) groups is 1. The highest BCUT2D eigenvalue weighted by atomic mass is 32.2. The van der Waals surface area contributed by atoms with Crippen molar-refractivity contribution >= 4 is 22.8 Å². The normalized spacial score (nSPS) is 12.0. The molecule has 0 radical (unpaired) electrons. The average Bonchev–Trinajstić information content (AvgIpc) is 2.74. The number of fused-ring (bicyclic) bond motifs is 1. The molecule has 0 saturated heterocycles. The molecule has 0 fully saturated rings. The minimum Gasteiger partial charge on any atom is -0.327 e. The summed E-state index contributed by atoms with van der Waals surface area (Å²) < 4.78 is 2.30. The molecule has 4 heteroatoms. The van der Waals surface area contributed by atoms with E-state index in [-0.39, 0.29) is 4.75 Å². The molecule has 3 nitrogen and oxygen atoms in total. The highest BCUT2D eigenvalue weighted by Crippen LogP contribution is 2.38. The molecule has 22 heavy (non-hydrogen) atoms. The van der Waals surface area contributed by atoms with Crippen LogP contribution in [0.4, 0.5) is 0 Å². The lowest BCUT2D eigenvalue weighted by molar-refractivity contribution is 0.802. The fourth-order valence-electron chi connectivity index (χ4n) is 2.53. The monoisotopic (exact) mass is 311 g/mol. The van der Waals surface area contributed by atoms with Gasteiger partial charge in [-0.3, -0.25) is 4.98 Å². The van der Waals surface area contributed by atoms with Gasteiger partial charge in [0.2, 0.25) is 0 Å². The summed E-state index contributed by atoms with van der Waals surface area (Å²) in [6.45, 7) is 8.74. The standard InChI is InChI=1S/C18H21N3S/c1-12-6-7-15-14(10-12)20-17(21(15)5)13-8-9-19-11-16(13)22-18(2,3)4/h6-11H,1-5H3. The minimum atomic E-state index is 0.138. The third-order valence-electron chi connectivity index (χ3n) is 3.48. The molecule has 3 rings (SSSR count). The Morgan fingerprint density at radius 1 is 1.14 bits per heavy atom. The molecule has 2 heterocycles. The van der Waals surface area contributed by atoms with Gasteiger partial charge in [0.25, 0.3) is 0 Å². The van der Waals surface area contributed by atoms with Crippen molar-refractivity contribution in [1.82, 2.24) is 14.5 Å². The number of pyridine rings is 1. The summed E-state index contributed by atoms with van der Waals surface area (Å²) in [6.07, 6.45) is 3.78. The lowest BCUT2D eigenvalue weighted by atomic mass is 10.2. The number of aromatic nitrogens is 3. The van der Waals surface area contributed by atoms with Crippen molar-refractivity contribution in [3.63, 3.8) is 0 Å². The number of aryl methyl sites for hydroxylation is 2. The smallest absolute Gasteiger partial charge is 0.142 e. The Kier molecular flexibility index (Phi) is 3.73. The molecule has 0 amide bonds. The zero-order valence-electron chi connectivity index (χ0n) is 13.7. The fraction of sp³-hybridized carbons (Fsp3) is 0.333. The summed E-state index contributed by atoms with van der Waals surface area (Å²) in [5.74, 6) is 0.995. The Morgan fingerprint density at radius 3 is 2.64 bits per heavy atom. The Labute approximate surface area is 135 Å². The van der Waals surface area contributed by atoms with Crippen molar-refractivity contribution in [2.24, 2.45) is 7.05 Å². The van der Waals surface area contributed by atoms with E-state index in [9.17, 15) is 0 Å². The lowest BCUT2D eigenvalue weighted by Gasteiger charge is -2.19. The predicted molar refractivity (Wildman–Crippen MR) is 94.3 cm³/mol. The van der Waals surface area contributed by atoms with E-state index in [1.165, 1.54) is 10.5 Å². The zero-order chi connectivity index (χ0) is 15.9. The van der Waals surface area contributed by atoms with E-state index in [1.807, 2.05) is 24.2 Å². The van der Waals surface area contributed by atoms with E-state index in [1.54, 1.807) is 0 Å². The maximum atomic E-state index is 4.86. The van der Waals surface area contributed by atoms with Crippen LogP contribution in [-0.4, -0.2) is 19.3 Å². The third-order valence-corrected chi connectivity index (χ3v) is 4.64. The highest BCUT2D eigenvalue weighted by molar-refractivity contribution is 8.00. The first-order valence-corrected chi connectivity index (χ1v) is 8.23. The van der Waals surface area contributed by atoms with Crippen molar-refractivity contribution in [2.75, 3.05) is 0 Å². The van der Waals surface area contributed by atoms with Gasteiger partial charge >= 0.3 is 0 Å². The molecule has 0 N–H and O–H groups in total. The number of hydrogen-bond donors (Lipinski definition) is 0. The molecular weight excluding hydrogens is 290 g/mol. The number of imidazole rings is 1. The van der Waals surface area contributed by atoms with E-state index in [0.717, 1.165) is 22.4 Å². The van der Waals surface area contributed by atoms with E-state index < -0.39 is 0 Å². The Morgan fingerprint density at radius 2 is 1.91 bits per heavy atom. The third kappa shape index (κ3) is 2.88.